The minimum atomic E-state index is -0.975. The molecule has 2 amide bonds. The molecule has 0 aliphatic heterocycles. The Kier molecular flexibility index (Phi) is 7.45. The highest BCUT2D eigenvalue weighted by Gasteiger charge is 2.25. The smallest absolute Gasteiger partial charge is 0.310 e. The number of carbonyl (C=O) groups excluding carboxylic acids is 3. The molecule has 3 aromatic rings. The highest BCUT2D eigenvalue weighted by molar-refractivity contribution is 6.43. The van der Waals surface area contributed by atoms with Gasteiger partial charge in [0.25, 0.3) is 11.7 Å². The number of hydrogen-bond acceptors (Lipinski definition) is 6. The van der Waals surface area contributed by atoms with E-state index in [1.165, 1.54) is 19.2 Å². The van der Waals surface area contributed by atoms with Gasteiger partial charge >= 0.3 is 5.91 Å². The number of aromatic nitrogens is 2. The maximum atomic E-state index is 12.8. The Morgan fingerprint density at radius 1 is 1.00 bits per heavy atom. The Hall–Kier alpha value is -4.14. The van der Waals surface area contributed by atoms with Crippen molar-refractivity contribution in [3.05, 3.63) is 71.0 Å². The van der Waals surface area contributed by atoms with Crippen LogP contribution in [0, 0.1) is 13.8 Å². The van der Waals surface area contributed by atoms with Crippen molar-refractivity contribution in [1.29, 1.82) is 0 Å². The summed E-state index contributed by atoms with van der Waals surface area (Å²) in [6.45, 7) is 5.86. The minimum absolute atomic E-state index is 0.185. The van der Waals surface area contributed by atoms with Gasteiger partial charge in [0.15, 0.2) is 11.5 Å². The number of methoxy groups -OCH3 is 1. The number of carbonyl (C=O) groups is 3. The predicted octanol–water partition coefficient (Wildman–Crippen LogP) is 2.93. The second-order valence-corrected chi connectivity index (χ2v) is 7.24. The van der Waals surface area contributed by atoms with E-state index in [9.17, 15) is 14.4 Å². The van der Waals surface area contributed by atoms with E-state index >= 15 is 0 Å². The molecule has 1 heterocycles. The van der Waals surface area contributed by atoms with E-state index in [0.29, 0.717) is 29.5 Å². The van der Waals surface area contributed by atoms with Crippen LogP contribution >= 0.6 is 0 Å². The summed E-state index contributed by atoms with van der Waals surface area (Å²) in [5.41, 5.74) is 6.55. The molecule has 9 nitrogen and oxygen atoms in total. The fourth-order valence-corrected chi connectivity index (χ4v) is 3.29. The van der Waals surface area contributed by atoms with Crippen molar-refractivity contribution in [3.8, 4) is 17.2 Å². The van der Waals surface area contributed by atoms with Crippen LogP contribution in [-0.2, 0) is 4.79 Å². The molecule has 0 aliphatic rings. The number of hydrogen-bond donors (Lipinski definition) is 2. The number of ketones is 1. The molecule has 2 N–H and O–H groups in total. The summed E-state index contributed by atoms with van der Waals surface area (Å²) in [6, 6.07) is 13.9. The van der Waals surface area contributed by atoms with Gasteiger partial charge in [-0.25, -0.2) is 4.68 Å². The molecule has 2 aromatic carbocycles. The summed E-state index contributed by atoms with van der Waals surface area (Å²) in [6.07, 6.45) is 0.828. The predicted molar refractivity (Wildman–Crippen MR) is 122 cm³/mol. The number of para-hydroxylation sites is 1. The van der Waals surface area contributed by atoms with Crippen LogP contribution in [0.15, 0.2) is 48.5 Å². The van der Waals surface area contributed by atoms with E-state index in [-0.39, 0.29) is 11.1 Å². The van der Waals surface area contributed by atoms with Crippen molar-refractivity contribution >= 4 is 17.6 Å². The van der Waals surface area contributed by atoms with E-state index < -0.39 is 17.6 Å². The number of nitrogens with one attached hydrogen (secondary N) is 2. The third-order valence-electron chi connectivity index (χ3n) is 4.90. The zero-order valence-corrected chi connectivity index (χ0v) is 19.0. The Balaban J connectivity index is 1.69. The molecule has 9 heteroatoms. The second kappa shape index (κ2) is 10.4. The Bertz CT molecular complexity index is 1170. The lowest BCUT2D eigenvalue weighted by Crippen LogP contribution is -2.45. The summed E-state index contributed by atoms with van der Waals surface area (Å²) < 4.78 is 12.4. The summed E-state index contributed by atoms with van der Waals surface area (Å²) in [7, 11) is 1.47. The number of hydrazine groups is 1. The van der Waals surface area contributed by atoms with Crippen LogP contribution in [0.4, 0.5) is 0 Å². The van der Waals surface area contributed by atoms with E-state index in [4.69, 9.17) is 9.47 Å². The van der Waals surface area contributed by atoms with Crippen LogP contribution in [0.5, 0.6) is 11.5 Å². The molecule has 3 rings (SSSR count). The van der Waals surface area contributed by atoms with E-state index in [1.807, 2.05) is 37.3 Å². The summed E-state index contributed by atoms with van der Waals surface area (Å²) in [4.78, 5) is 37.7. The van der Waals surface area contributed by atoms with Gasteiger partial charge in [-0.15, -0.1) is 0 Å². The second-order valence-electron chi connectivity index (χ2n) is 7.24. The van der Waals surface area contributed by atoms with Crippen molar-refractivity contribution in [2.24, 2.45) is 0 Å². The number of ether oxygens (including phenoxy) is 2. The van der Waals surface area contributed by atoms with Crippen molar-refractivity contribution in [1.82, 2.24) is 20.6 Å². The average Bonchev–Trinajstić information content (AvgIpc) is 3.14. The monoisotopic (exact) mass is 450 g/mol. The van der Waals surface area contributed by atoms with Crippen molar-refractivity contribution < 1.29 is 23.9 Å². The first-order valence-electron chi connectivity index (χ1n) is 10.4. The summed E-state index contributed by atoms with van der Waals surface area (Å²) >= 11 is 0. The number of aryl methyl sites for hydroxylation is 1. The average molecular weight is 450 g/mol. The molecule has 0 aliphatic carbocycles. The summed E-state index contributed by atoms with van der Waals surface area (Å²) in [5, 5.41) is 4.38. The van der Waals surface area contributed by atoms with Gasteiger partial charge in [-0.1, -0.05) is 25.1 Å². The first-order valence-corrected chi connectivity index (χ1v) is 10.4. The SMILES string of the molecule is CCCOc1ccc(C(=O)NNC(=O)C(=O)c2c(C)nn(-c3ccccc3)c2C)cc1OC. The zero-order valence-electron chi connectivity index (χ0n) is 19.0. The Morgan fingerprint density at radius 2 is 1.73 bits per heavy atom. The van der Waals surface area contributed by atoms with E-state index in [2.05, 4.69) is 16.0 Å². The molecule has 0 saturated carbocycles. The maximum Gasteiger partial charge on any atom is 0.310 e. The van der Waals surface area contributed by atoms with Crippen molar-refractivity contribution in [2.45, 2.75) is 27.2 Å². The Morgan fingerprint density at radius 3 is 2.39 bits per heavy atom. The number of nitrogens with zero attached hydrogens (tertiary/aromatic N) is 2. The molecule has 0 atom stereocenters. The molecule has 0 fully saturated rings. The molecule has 33 heavy (non-hydrogen) atoms. The normalized spacial score (nSPS) is 10.4. The lowest BCUT2D eigenvalue weighted by molar-refractivity contribution is -0.117. The van der Waals surface area contributed by atoms with Gasteiger partial charge < -0.3 is 9.47 Å². The van der Waals surface area contributed by atoms with Gasteiger partial charge in [-0.05, 0) is 50.6 Å². The highest BCUT2D eigenvalue weighted by Crippen LogP contribution is 2.28. The van der Waals surface area contributed by atoms with Gasteiger partial charge in [-0.3, -0.25) is 25.2 Å². The van der Waals surface area contributed by atoms with Crippen LogP contribution in [0.1, 0.15) is 45.4 Å². The lowest BCUT2D eigenvalue weighted by atomic mass is 10.1. The first kappa shape index (κ1) is 23.5. The maximum absolute atomic E-state index is 12.8. The van der Waals surface area contributed by atoms with Crippen LogP contribution in [0.3, 0.4) is 0 Å². The molecule has 0 bridgehead atoms. The quantitative estimate of drug-likeness (QED) is 0.310. The number of rotatable bonds is 8. The number of Topliss-reactive ketones (excluding diaryl/α,β-unsaturated/α-hetero) is 1. The van der Waals surface area contributed by atoms with Gasteiger partial charge in [0.05, 0.1) is 36.4 Å². The molecule has 0 saturated heterocycles. The molecule has 172 valence electrons. The first-order chi connectivity index (χ1) is 15.9. The molecular weight excluding hydrogens is 424 g/mol. The van der Waals surface area contributed by atoms with E-state index in [1.54, 1.807) is 24.6 Å². The van der Waals surface area contributed by atoms with Gasteiger partial charge in [0, 0.05) is 5.56 Å². The molecule has 0 radical (unpaired) electrons. The van der Waals surface area contributed by atoms with Crippen molar-refractivity contribution in [3.63, 3.8) is 0 Å². The number of benzene rings is 2. The van der Waals surface area contributed by atoms with Gasteiger partial charge in [-0.2, -0.15) is 5.10 Å². The zero-order chi connectivity index (χ0) is 24.0. The Labute approximate surface area is 191 Å². The van der Waals surface area contributed by atoms with Crippen LogP contribution in [0.2, 0.25) is 0 Å². The molecule has 0 unspecified atom stereocenters. The fourth-order valence-electron chi connectivity index (χ4n) is 3.29. The van der Waals surface area contributed by atoms with Crippen LogP contribution in [-0.4, -0.2) is 41.1 Å². The molecular formula is C24H26N4O5. The minimum Gasteiger partial charge on any atom is -0.493 e. The fraction of sp³-hybridized carbons (Fsp3) is 0.250. The van der Waals surface area contributed by atoms with Crippen molar-refractivity contribution in [2.75, 3.05) is 13.7 Å². The largest absolute Gasteiger partial charge is 0.493 e. The highest BCUT2D eigenvalue weighted by atomic mass is 16.5. The van der Waals surface area contributed by atoms with E-state index in [0.717, 1.165) is 12.1 Å². The summed E-state index contributed by atoms with van der Waals surface area (Å²) in [5.74, 6) is -1.48. The topological polar surface area (TPSA) is 112 Å². The van der Waals surface area contributed by atoms with Crippen LogP contribution in [0.25, 0.3) is 5.69 Å². The third kappa shape index (κ3) is 5.20. The molecule has 0 spiro atoms. The van der Waals surface area contributed by atoms with Gasteiger partial charge in [0.1, 0.15) is 0 Å². The molecule has 1 aromatic heterocycles. The lowest BCUT2D eigenvalue weighted by Gasteiger charge is -2.12. The van der Waals surface area contributed by atoms with Crippen LogP contribution < -0.4 is 20.3 Å². The number of amides is 2. The standard InChI is InChI=1S/C24H26N4O5/c1-5-13-33-19-12-11-17(14-20(19)32-4)23(30)25-26-24(31)22(29)21-15(2)27-28(16(21)3)18-9-7-6-8-10-18/h6-12,14H,5,13H2,1-4H3,(H,25,30)(H,26,31). The third-order valence-corrected chi connectivity index (χ3v) is 4.90. The van der Waals surface area contributed by atoms with Gasteiger partial charge in [0.2, 0.25) is 0 Å².